The number of alkyl halides is 3. The third-order valence-electron chi connectivity index (χ3n) is 2.75. The molecule has 3 N–H and O–H groups in total. The molecule has 9 nitrogen and oxygen atoms in total. The summed E-state index contributed by atoms with van der Waals surface area (Å²) in [5, 5.41) is 12.0. The Kier molecular flexibility index (Phi) is 5.69. The molecule has 0 aromatic heterocycles. The molecule has 0 aliphatic heterocycles. The van der Waals surface area contributed by atoms with Gasteiger partial charge < -0.3 is 15.5 Å². The highest BCUT2D eigenvalue weighted by atomic mass is 19.4. The summed E-state index contributed by atoms with van der Waals surface area (Å²) in [7, 11) is 0.720. The minimum atomic E-state index is -5.25. The topological polar surface area (TPSA) is 123 Å². The number of amides is 1. The van der Waals surface area contributed by atoms with Crippen molar-refractivity contribution in [3.05, 3.63) is 34.4 Å². The number of hydrogen-bond acceptors (Lipinski definition) is 7. The first-order chi connectivity index (χ1) is 11.0. The van der Waals surface area contributed by atoms with E-state index in [2.05, 4.69) is 10.2 Å². The fourth-order valence-corrected chi connectivity index (χ4v) is 1.64. The van der Waals surface area contributed by atoms with Gasteiger partial charge >= 0.3 is 17.8 Å². The van der Waals surface area contributed by atoms with Gasteiger partial charge in [0.15, 0.2) is 0 Å². The largest absolute Gasteiger partial charge is 0.466 e. The Morgan fingerprint density at radius 3 is 2.12 bits per heavy atom. The predicted molar refractivity (Wildman–Crippen MR) is 74.5 cm³/mol. The van der Waals surface area contributed by atoms with E-state index in [4.69, 9.17) is 0 Å². The number of nitrogens with zero attached hydrogens (tertiary/aromatic N) is 1. The molecule has 0 spiro atoms. The minimum Gasteiger partial charge on any atom is -0.466 e. The Labute approximate surface area is 133 Å². The maximum absolute atomic E-state index is 13.3. The van der Waals surface area contributed by atoms with Crippen molar-refractivity contribution in [2.75, 3.05) is 12.5 Å². The van der Waals surface area contributed by atoms with Crippen LogP contribution < -0.4 is 16.2 Å². The Balaban J connectivity index is 3.10. The van der Waals surface area contributed by atoms with Crippen LogP contribution in [0.25, 0.3) is 0 Å². The van der Waals surface area contributed by atoms with Gasteiger partial charge in [-0.1, -0.05) is 0 Å². The van der Waals surface area contributed by atoms with Crippen LogP contribution in [0.2, 0.25) is 0 Å². The maximum atomic E-state index is 13.3. The van der Waals surface area contributed by atoms with E-state index in [9.17, 15) is 32.9 Å². The second kappa shape index (κ2) is 7.12. The number of nitrogens with one attached hydrogen (secondary N) is 3. The SMILES string of the molecule is COC(=O)[C@](NNc1ccc([N+](=O)[O-])cc1)(NC(C)=O)C(F)(F)F. The fraction of sp³-hybridized carbons (Fsp3) is 0.333. The molecule has 0 unspecified atom stereocenters. The highest BCUT2D eigenvalue weighted by molar-refractivity contribution is 5.87. The molecule has 24 heavy (non-hydrogen) atoms. The highest BCUT2D eigenvalue weighted by Gasteiger charge is 2.63. The van der Waals surface area contributed by atoms with Gasteiger partial charge in [-0.25, -0.2) is 4.79 Å². The fourth-order valence-electron chi connectivity index (χ4n) is 1.64. The summed E-state index contributed by atoms with van der Waals surface area (Å²) in [5.41, 5.74) is -0.111. The number of non-ortho nitro benzene ring substituents is 1. The quantitative estimate of drug-likeness (QED) is 0.304. The number of ether oxygens (including phenoxy) is 1. The zero-order chi connectivity index (χ0) is 18.5. The molecular weight excluding hydrogens is 337 g/mol. The summed E-state index contributed by atoms with van der Waals surface area (Å²) in [6.07, 6.45) is -5.25. The third-order valence-corrected chi connectivity index (χ3v) is 2.75. The van der Waals surface area contributed by atoms with Crippen molar-refractivity contribution in [2.45, 2.75) is 18.8 Å². The average molecular weight is 350 g/mol. The monoisotopic (exact) mass is 350 g/mol. The number of rotatable bonds is 6. The minimum absolute atomic E-state index is 0.0246. The number of hydrazine groups is 1. The van der Waals surface area contributed by atoms with E-state index in [-0.39, 0.29) is 11.4 Å². The number of methoxy groups -OCH3 is 1. The van der Waals surface area contributed by atoms with E-state index >= 15 is 0 Å². The molecule has 12 heteroatoms. The van der Waals surface area contributed by atoms with Crippen molar-refractivity contribution >= 4 is 23.3 Å². The number of carbonyl (C=O) groups is 2. The third kappa shape index (κ3) is 4.10. The Bertz CT molecular complexity index is 635. The van der Waals surface area contributed by atoms with Crippen LogP contribution in [0.4, 0.5) is 24.5 Å². The lowest BCUT2D eigenvalue weighted by molar-refractivity contribution is -0.384. The van der Waals surface area contributed by atoms with Gasteiger partial charge in [0.05, 0.1) is 12.0 Å². The number of halogens is 3. The average Bonchev–Trinajstić information content (AvgIpc) is 2.49. The van der Waals surface area contributed by atoms with Gasteiger partial charge in [0.2, 0.25) is 5.91 Å². The van der Waals surface area contributed by atoms with Gasteiger partial charge in [0.25, 0.3) is 5.69 Å². The molecule has 0 heterocycles. The van der Waals surface area contributed by atoms with E-state index in [0.29, 0.717) is 0 Å². The first kappa shape index (κ1) is 19.2. The standard InChI is InChI=1S/C12H13F3N4O5/c1-7(20)16-11(10(21)24-2,12(13,14)15)18-17-8-3-5-9(6-4-8)19(22)23/h3-6,17-18H,1-2H3,(H,16,20)/t11-/m1/s1. The summed E-state index contributed by atoms with van der Waals surface area (Å²) < 4.78 is 44.1. The second-order valence-electron chi connectivity index (χ2n) is 4.47. The molecule has 1 atom stereocenters. The molecule has 0 bridgehead atoms. The number of carbonyl (C=O) groups excluding carboxylic acids is 2. The molecule has 0 fully saturated rings. The number of anilines is 1. The smallest absolute Gasteiger partial charge is 0.438 e. The summed E-state index contributed by atoms with van der Waals surface area (Å²) in [5.74, 6) is -2.95. The predicted octanol–water partition coefficient (Wildman–Crippen LogP) is 1.08. The van der Waals surface area contributed by atoms with Crippen LogP contribution in [0, 0.1) is 10.1 Å². The Morgan fingerprint density at radius 2 is 1.75 bits per heavy atom. The summed E-state index contributed by atoms with van der Waals surface area (Å²) >= 11 is 0. The molecule has 0 saturated carbocycles. The van der Waals surface area contributed by atoms with Crippen LogP contribution in [0.1, 0.15) is 6.92 Å². The Hall–Kier alpha value is -2.89. The maximum Gasteiger partial charge on any atom is 0.438 e. The van der Waals surface area contributed by atoms with Crippen molar-refractivity contribution in [2.24, 2.45) is 0 Å². The number of nitro groups is 1. The van der Waals surface area contributed by atoms with Crippen LogP contribution in [-0.2, 0) is 14.3 Å². The molecule has 1 amide bonds. The first-order valence-electron chi connectivity index (χ1n) is 6.25. The lowest BCUT2D eigenvalue weighted by Gasteiger charge is -2.34. The van der Waals surface area contributed by atoms with E-state index in [1.54, 1.807) is 5.43 Å². The van der Waals surface area contributed by atoms with Crippen molar-refractivity contribution in [3.8, 4) is 0 Å². The molecular formula is C12H13F3N4O5. The van der Waals surface area contributed by atoms with Crippen molar-refractivity contribution in [3.63, 3.8) is 0 Å². The number of benzene rings is 1. The second-order valence-corrected chi connectivity index (χ2v) is 4.47. The van der Waals surface area contributed by atoms with Crippen LogP contribution in [0.3, 0.4) is 0 Å². The molecule has 1 rings (SSSR count). The zero-order valence-electron chi connectivity index (χ0n) is 12.4. The van der Waals surface area contributed by atoms with Crippen LogP contribution >= 0.6 is 0 Å². The van der Waals surface area contributed by atoms with Crippen LogP contribution in [0.15, 0.2) is 24.3 Å². The van der Waals surface area contributed by atoms with Gasteiger partial charge in [0.1, 0.15) is 0 Å². The summed E-state index contributed by atoms with van der Waals surface area (Å²) in [6, 6.07) is 4.29. The summed E-state index contributed by atoms with van der Waals surface area (Å²) in [6.45, 7) is 0.789. The number of esters is 1. The van der Waals surface area contributed by atoms with Gasteiger partial charge in [-0.3, -0.25) is 14.9 Å². The van der Waals surface area contributed by atoms with E-state index in [1.807, 2.05) is 0 Å². The van der Waals surface area contributed by atoms with Gasteiger partial charge in [0, 0.05) is 24.7 Å². The molecule has 0 aliphatic rings. The number of hydrogen-bond donors (Lipinski definition) is 3. The molecule has 0 aliphatic carbocycles. The zero-order valence-corrected chi connectivity index (χ0v) is 12.4. The molecule has 1 aromatic rings. The van der Waals surface area contributed by atoms with Gasteiger partial charge in [-0.2, -0.15) is 18.6 Å². The highest BCUT2D eigenvalue weighted by Crippen LogP contribution is 2.30. The van der Waals surface area contributed by atoms with E-state index < -0.39 is 28.6 Å². The molecule has 0 saturated heterocycles. The van der Waals surface area contributed by atoms with Crippen molar-refractivity contribution < 1.29 is 32.4 Å². The van der Waals surface area contributed by atoms with Crippen molar-refractivity contribution in [1.82, 2.24) is 10.7 Å². The first-order valence-corrected chi connectivity index (χ1v) is 6.25. The number of nitro benzene ring substituents is 1. The van der Waals surface area contributed by atoms with Gasteiger partial charge in [-0.15, -0.1) is 0 Å². The molecule has 1 aromatic carbocycles. The Morgan fingerprint density at radius 1 is 1.21 bits per heavy atom. The van der Waals surface area contributed by atoms with Crippen LogP contribution in [-0.4, -0.2) is 35.7 Å². The lowest BCUT2D eigenvalue weighted by atomic mass is 10.1. The molecule has 132 valence electrons. The normalized spacial score (nSPS) is 13.5. The van der Waals surface area contributed by atoms with Gasteiger partial charge in [-0.05, 0) is 12.1 Å². The lowest BCUT2D eigenvalue weighted by Crippen LogP contribution is -2.73. The van der Waals surface area contributed by atoms with Crippen molar-refractivity contribution in [1.29, 1.82) is 0 Å². The molecule has 0 radical (unpaired) electrons. The van der Waals surface area contributed by atoms with E-state index in [0.717, 1.165) is 38.3 Å². The summed E-state index contributed by atoms with van der Waals surface area (Å²) in [4.78, 5) is 32.6. The van der Waals surface area contributed by atoms with E-state index in [1.165, 1.54) is 5.32 Å². The van der Waals surface area contributed by atoms with Crippen LogP contribution in [0.5, 0.6) is 0 Å².